The number of amides is 1. The van der Waals surface area contributed by atoms with Crippen LogP contribution >= 0.6 is 0 Å². The number of halogens is 1. The number of nitrogens with one attached hydrogen (secondary N) is 1. The number of benzene rings is 1. The predicted octanol–water partition coefficient (Wildman–Crippen LogP) is 3.83. The van der Waals surface area contributed by atoms with Crippen molar-refractivity contribution in [1.29, 1.82) is 5.26 Å². The van der Waals surface area contributed by atoms with E-state index < -0.39 is 11.4 Å². The fraction of sp³-hybridized carbons (Fsp3) is 0.478. The van der Waals surface area contributed by atoms with Gasteiger partial charge in [0.25, 0.3) is 0 Å². The third-order valence-electron chi connectivity index (χ3n) is 5.54. The molecule has 1 aromatic carbocycles. The summed E-state index contributed by atoms with van der Waals surface area (Å²) in [5.41, 5.74) is -0.0876. The van der Waals surface area contributed by atoms with Gasteiger partial charge in [-0.3, -0.25) is 0 Å². The summed E-state index contributed by atoms with van der Waals surface area (Å²) < 4.78 is 25.7. The van der Waals surface area contributed by atoms with E-state index in [1.807, 2.05) is 26.8 Å². The number of hydrogen-bond acceptors (Lipinski definition) is 8. The Bertz CT molecular complexity index is 1070. The number of carbonyl (C=O) groups excluding carboxylic acids is 1. The number of fused-ring (bicyclic) bond motifs is 1. The van der Waals surface area contributed by atoms with Gasteiger partial charge >= 0.3 is 6.09 Å². The summed E-state index contributed by atoms with van der Waals surface area (Å²) in [4.78, 5) is 25.0. The molecule has 33 heavy (non-hydrogen) atoms. The Morgan fingerprint density at radius 1 is 1.27 bits per heavy atom. The predicted molar refractivity (Wildman–Crippen MR) is 120 cm³/mol. The lowest BCUT2D eigenvalue weighted by Gasteiger charge is -2.41. The summed E-state index contributed by atoms with van der Waals surface area (Å²) >= 11 is 0. The average molecular weight is 455 g/mol. The molecular formula is C23H27FN6O3. The molecule has 1 N–H and O–H groups in total. The van der Waals surface area contributed by atoms with Crippen LogP contribution in [-0.2, 0) is 4.74 Å². The van der Waals surface area contributed by atoms with E-state index in [0.29, 0.717) is 43.6 Å². The second kappa shape index (κ2) is 9.10. The Morgan fingerprint density at radius 2 is 2.03 bits per heavy atom. The van der Waals surface area contributed by atoms with Crippen LogP contribution in [0.5, 0.6) is 5.75 Å². The molecule has 1 amide bonds. The number of carbonyl (C=O) groups is 1. The first-order chi connectivity index (χ1) is 15.7. The number of aromatic nitrogens is 2. The van der Waals surface area contributed by atoms with Crippen molar-refractivity contribution in [3.63, 3.8) is 0 Å². The van der Waals surface area contributed by atoms with E-state index in [-0.39, 0.29) is 23.4 Å². The molecule has 1 aromatic heterocycles. The van der Waals surface area contributed by atoms with Gasteiger partial charge in [0.2, 0.25) is 5.75 Å². The Hall–Kier alpha value is -3.61. The van der Waals surface area contributed by atoms with Crippen LogP contribution in [0.25, 0.3) is 0 Å². The highest BCUT2D eigenvalue weighted by Crippen LogP contribution is 2.39. The topological polar surface area (TPSA) is 104 Å². The van der Waals surface area contributed by atoms with E-state index in [9.17, 15) is 9.18 Å². The molecule has 9 nitrogen and oxygen atoms in total. The largest absolute Gasteiger partial charge is 0.485 e. The lowest BCUT2D eigenvalue weighted by molar-refractivity contribution is 0.0203. The summed E-state index contributed by atoms with van der Waals surface area (Å²) in [6.45, 7) is 7.87. The minimum atomic E-state index is -0.552. The summed E-state index contributed by atoms with van der Waals surface area (Å²) in [5, 5.41) is 11.9. The number of nitrogens with zero attached hydrogens (tertiary/aromatic N) is 5. The van der Waals surface area contributed by atoms with Gasteiger partial charge in [0.15, 0.2) is 11.6 Å². The molecule has 0 aliphatic carbocycles. The summed E-state index contributed by atoms with van der Waals surface area (Å²) in [5.74, 6) is 0.911. The highest BCUT2D eigenvalue weighted by Gasteiger charge is 2.33. The van der Waals surface area contributed by atoms with Crippen LogP contribution < -0.4 is 15.0 Å². The van der Waals surface area contributed by atoms with Crippen LogP contribution in [0.2, 0.25) is 0 Å². The molecule has 0 atom stereocenters. The van der Waals surface area contributed by atoms with Gasteiger partial charge < -0.3 is 24.6 Å². The van der Waals surface area contributed by atoms with E-state index >= 15 is 0 Å². The van der Waals surface area contributed by atoms with Crippen LogP contribution in [0, 0.1) is 17.1 Å². The standard InChI is InChI=1S/C23H27FN6O3/c1-23(2,3)33-22(31)29-8-6-16(7-9-29)30-10-11-32-19-20(26-14-27-21(19)30)28-18-5-4-15(13-25)12-17(18)24/h4-5,12,14,16H,6-11H2,1-3H3,(H,26,27,28). The first-order valence-electron chi connectivity index (χ1n) is 10.9. The SMILES string of the molecule is CC(C)(C)OC(=O)N1CCC(N2CCOc3c(Nc4ccc(C#N)cc4F)ncnc32)CC1. The molecule has 0 unspecified atom stereocenters. The number of nitriles is 1. The number of piperidine rings is 1. The van der Waals surface area contributed by atoms with E-state index in [2.05, 4.69) is 20.2 Å². The monoisotopic (exact) mass is 454 g/mol. The second-order valence-electron chi connectivity index (χ2n) is 9.05. The number of hydrogen-bond donors (Lipinski definition) is 1. The van der Waals surface area contributed by atoms with Crippen molar-refractivity contribution in [3.05, 3.63) is 35.9 Å². The first-order valence-corrected chi connectivity index (χ1v) is 10.9. The van der Waals surface area contributed by atoms with Crippen LogP contribution in [0.1, 0.15) is 39.2 Å². The molecule has 174 valence electrons. The van der Waals surface area contributed by atoms with Gasteiger partial charge in [-0.15, -0.1) is 0 Å². The highest BCUT2D eigenvalue weighted by molar-refractivity contribution is 5.72. The minimum absolute atomic E-state index is 0.181. The molecule has 10 heteroatoms. The Kier molecular flexibility index (Phi) is 6.22. The maximum absolute atomic E-state index is 14.4. The van der Waals surface area contributed by atoms with Crippen LogP contribution in [0.4, 0.5) is 26.5 Å². The van der Waals surface area contributed by atoms with Crippen molar-refractivity contribution < 1.29 is 18.7 Å². The van der Waals surface area contributed by atoms with Gasteiger partial charge in [-0.05, 0) is 51.8 Å². The van der Waals surface area contributed by atoms with E-state index in [0.717, 1.165) is 12.8 Å². The van der Waals surface area contributed by atoms with Gasteiger partial charge in [-0.25, -0.2) is 19.2 Å². The highest BCUT2D eigenvalue weighted by atomic mass is 19.1. The third kappa shape index (κ3) is 5.08. The van der Waals surface area contributed by atoms with Gasteiger partial charge in [-0.2, -0.15) is 5.26 Å². The Labute approximate surface area is 192 Å². The van der Waals surface area contributed by atoms with Gasteiger partial charge in [-0.1, -0.05) is 0 Å². The molecule has 2 aliphatic heterocycles. The van der Waals surface area contributed by atoms with E-state index in [1.165, 1.54) is 24.5 Å². The molecule has 1 fully saturated rings. The van der Waals surface area contributed by atoms with Crippen LogP contribution in [0.15, 0.2) is 24.5 Å². The molecule has 0 radical (unpaired) electrons. The maximum atomic E-state index is 14.4. The first kappa shape index (κ1) is 22.6. The lowest BCUT2D eigenvalue weighted by Crippen LogP contribution is -2.50. The van der Waals surface area contributed by atoms with E-state index in [1.54, 1.807) is 4.90 Å². The van der Waals surface area contributed by atoms with Crippen molar-refractivity contribution in [3.8, 4) is 11.8 Å². The van der Waals surface area contributed by atoms with Gasteiger partial charge in [0, 0.05) is 19.1 Å². The number of rotatable bonds is 3. The number of ether oxygens (including phenoxy) is 2. The Balaban J connectivity index is 1.48. The van der Waals surface area contributed by atoms with Crippen LogP contribution in [0.3, 0.4) is 0 Å². The molecule has 3 heterocycles. The maximum Gasteiger partial charge on any atom is 0.410 e. The van der Waals surface area contributed by atoms with Crippen molar-refractivity contribution in [2.45, 2.75) is 45.3 Å². The molecule has 2 aromatic rings. The van der Waals surface area contributed by atoms with Crippen molar-refractivity contribution >= 4 is 23.4 Å². The molecule has 0 bridgehead atoms. The zero-order valence-electron chi connectivity index (χ0n) is 19.0. The summed E-state index contributed by atoms with van der Waals surface area (Å²) in [7, 11) is 0. The summed E-state index contributed by atoms with van der Waals surface area (Å²) in [6.07, 6.45) is 2.67. The van der Waals surface area contributed by atoms with Crippen molar-refractivity contribution in [2.24, 2.45) is 0 Å². The number of likely N-dealkylation sites (tertiary alicyclic amines) is 1. The fourth-order valence-electron chi connectivity index (χ4n) is 4.00. The fourth-order valence-corrected chi connectivity index (χ4v) is 4.00. The molecule has 4 rings (SSSR count). The van der Waals surface area contributed by atoms with E-state index in [4.69, 9.17) is 14.7 Å². The molecule has 0 saturated carbocycles. The molecular weight excluding hydrogens is 427 g/mol. The lowest BCUT2D eigenvalue weighted by atomic mass is 10.0. The Morgan fingerprint density at radius 3 is 2.70 bits per heavy atom. The van der Waals surface area contributed by atoms with Crippen molar-refractivity contribution in [1.82, 2.24) is 14.9 Å². The van der Waals surface area contributed by atoms with Gasteiger partial charge in [0.05, 0.1) is 23.9 Å². The zero-order chi connectivity index (χ0) is 23.6. The van der Waals surface area contributed by atoms with Crippen molar-refractivity contribution in [2.75, 3.05) is 36.5 Å². The zero-order valence-corrected chi connectivity index (χ0v) is 19.0. The third-order valence-corrected chi connectivity index (χ3v) is 5.54. The van der Waals surface area contributed by atoms with Gasteiger partial charge in [0.1, 0.15) is 24.4 Å². The normalized spacial score (nSPS) is 16.5. The molecule has 1 saturated heterocycles. The quantitative estimate of drug-likeness (QED) is 0.746. The molecule has 0 spiro atoms. The van der Waals surface area contributed by atoms with Crippen LogP contribution in [-0.4, -0.2) is 58.8 Å². The molecule has 2 aliphatic rings. The number of anilines is 3. The smallest absolute Gasteiger partial charge is 0.410 e. The average Bonchev–Trinajstić information content (AvgIpc) is 2.79. The second-order valence-corrected chi connectivity index (χ2v) is 9.05. The minimum Gasteiger partial charge on any atom is -0.485 e. The summed E-state index contributed by atoms with van der Waals surface area (Å²) in [6, 6.07) is 6.29.